The van der Waals surface area contributed by atoms with E-state index in [0.717, 1.165) is 5.56 Å². The lowest BCUT2D eigenvalue weighted by molar-refractivity contribution is 0.0203. The van der Waals surface area contributed by atoms with Crippen molar-refractivity contribution >= 4 is 12.1 Å². The van der Waals surface area contributed by atoms with Gasteiger partial charge in [0.2, 0.25) is 0 Å². The van der Waals surface area contributed by atoms with Crippen LogP contribution in [0.4, 0.5) is 9.18 Å². The average Bonchev–Trinajstić information content (AvgIpc) is 2.61. The predicted octanol–water partition coefficient (Wildman–Crippen LogP) is 4.75. The molecule has 0 saturated carbocycles. The molecule has 5 nitrogen and oxygen atoms in total. The summed E-state index contributed by atoms with van der Waals surface area (Å²) in [5, 5.41) is 0. The molecule has 1 amide bonds. The summed E-state index contributed by atoms with van der Waals surface area (Å²) in [6, 6.07) is 4.19. The van der Waals surface area contributed by atoms with Gasteiger partial charge in [0.25, 0.3) is 0 Å². The van der Waals surface area contributed by atoms with Gasteiger partial charge < -0.3 is 14.4 Å². The monoisotopic (exact) mass is 367 g/mol. The second-order valence-corrected chi connectivity index (χ2v) is 6.96. The van der Waals surface area contributed by atoms with Crippen LogP contribution in [0.5, 0.6) is 0 Å². The maximum Gasteiger partial charge on any atom is 0.410 e. The van der Waals surface area contributed by atoms with E-state index in [1.54, 1.807) is 11.0 Å². The Balaban J connectivity index is 0.00000163. The highest BCUT2D eigenvalue weighted by molar-refractivity contribution is 5.91. The fraction of sp³-hybridized carbons (Fsp3) is 0.600. The number of ether oxygens (including phenoxy) is 2. The van der Waals surface area contributed by atoms with Crippen LogP contribution in [-0.4, -0.2) is 42.8 Å². The minimum Gasteiger partial charge on any atom is -0.465 e. The molecule has 26 heavy (non-hydrogen) atoms. The molecule has 0 spiro atoms. The summed E-state index contributed by atoms with van der Waals surface area (Å²) in [5.41, 5.74) is 0.503. The zero-order chi connectivity index (χ0) is 19.9. The standard InChI is InChI=1S/C18H24FNO4.C2H6/c1-18(2,3)24-17(22)20-9-7-12(8-10-20)14-6-5-13(19)11-15(14)16(21)23-4;1-2/h5-6,11-12H,7-10H2,1-4H3;1-2H3. The normalized spacial score (nSPS) is 15.0. The maximum atomic E-state index is 13.5. The summed E-state index contributed by atoms with van der Waals surface area (Å²) in [4.78, 5) is 25.7. The van der Waals surface area contributed by atoms with Crippen molar-refractivity contribution in [2.45, 2.75) is 59.0 Å². The molecule has 2 rings (SSSR count). The number of halogens is 1. The van der Waals surface area contributed by atoms with E-state index in [2.05, 4.69) is 0 Å². The fourth-order valence-electron chi connectivity index (χ4n) is 2.87. The molecule has 1 saturated heterocycles. The Bertz CT molecular complexity index is 617. The molecule has 0 bridgehead atoms. The number of amides is 1. The number of hydrogen-bond acceptors (Lipinski definition) is 4. The molecule has 0 atom stereocenters. The second-order valence-electron chi connectivity index (χ2n) is 6.96. The molecule has 0 aromatic heterocycles. The number of carbonyl (C=O) groups excluding carboxylic acids is 2. The van der Waals surface area contributed by atoms with Crippen LogP contribution in [0.3, 0.4) is 0 Å². The molecular formula is C20H30FNO4. The van der Waals surface area contributed by atoms with Crippen LogP contribution < -0.4 is 0 Å². The first-order chi connectivity index (χ1) is 12.2. The van der Waals surface area contributed by atoms with Gasteiger partial charge in [0.15, 0.2) is 0 Å². The van der Waals surface area contributed by atoms with E-state index < -0.39 is 17.4 Å². The van der Waals surface area contributed by atoms with Gasteiger partial charge in [-0.2, -0.15) is 0 Å². The zero-order valence-corrected chi connectivity index (χ0v) is 16.6. The lowest BCUT2D eigenvalue weighted by Gasteiger charge is -2.34. The predicted molar refractivity (Wildman–Crippen MR) is 98.9 cm³/mol. The summed E-state index contributed by atoms with van der Waals surface area (Å²) < 4.78 is 23.6. The number of hydrogen-bond donors (Lipinski definition) is 0. The number of piperidine rings is 1. The second kappa shape index (κ2) is 9.55. The summed E-state index contributed by atoms with van der Waals surface area (Å²) in [6.45, 7) is 10.6. The molecule has 0 radical (unpaired) electrons. The Labute approximate surface area is 155 Å². The van der Waals surface area contributed by atoms with Gasteiger partial charge in [-0.25, -0.2) is 14.0 Å². The van der Waals surface area contributed by atoms with Crippen LogP contribution in [0.15, 0.2) is 18.2 Å². The van der Waals surface area contributed by atoms with E-state index >= 15 is 0 Å². The highest BCUT2D eigenvalue weighted by Gasteiger charge is 2.29. The van der Waals surface area contributed by atoms with E-state index in [0.29, 0.717) is 25.9 Å². The van der Waals surface area contributed by atoms with Crippen molar-refractivity contribution in [2.24, 2.45) is 0 Å². The highest BCUT2D eigenvalue weighted by Crippen LogP contribution is 2.31. The van der Waals surface area contributed by atoms with E-state index in [1.807, 2.05) is 34.6 Å². The van der Waals surface area contributed by atoms with Gasteiger partial charge in [-0.05, 0) is 57.2 Å². The van der Waals surface area contributed by atoms with Crippen LogP contribution in [-0.2, 0) is 9.47 Å². The molecular weight excluding hydrogens is 337 g/mol. The first-order valence-electron chi connectivity index (χ1n) is 9.07. The van der Waals surface area contributed by atoms with E-state index in [1.165, 1.54) is 19.2 Å². The van der Waals surface area contributed by atoms with Gasteiger partial charge in [-0.3, -0.25) is 0 Å². The van der Waals surface area contributed by atoms with Gasteiger partial charge in [0.1, 0.15) is 11.4 Å². The number of benzene rings is 1. The Hall–Kier alpha value is -2.11. The Morgan fingerprint density at radius 1 is 1.15 bits per heavy atom. The first-order valence-corrected chi connectivity index (χ1v) is 9.07. The highest BCUT2D eigenvalue weighted by atomic mass is 19.1. The number of carbonyl (C=O) groups is 2. The summed E-state index contributed by atoms with van der Waals surface area (Å²) in [6.07, 6.45) is 1.05. The molecule has 0 N–H and O–H groups in total. The quantitative estimate of drug-likeness (QED) is 0.708. The zero-order valence-electron chi connectivity index (χ0n) is 16.6. The van der Waals surface area contributed by atoms with Crippen LogP contribution in [0, 0.1) is 5.82 Å². The molecule has 6 heteroatoms. The lowest BCUT2D eigenvalue weighted by Crippen LogP contribution is -2.41. The molecule has 0 unspecified atom stereocenters. The largest absolute Gasteiger partial charge is 0.465 e. The van der Waals surface area contributed by atoms with E-state index in [4.69, 9.17) is 9.47 Å². The molecule has 1 heterocycles. The lowest BCUT2D eigenvalue weighted by atomic mass is 9.86. The minimum absolute atomic E-state index is 0.0818. The van der Waals surface area contributed by atoms with Crippen molar-refractivity contribution in [1.29, 1.82) is 0 Å². The Morgan fingerprint density at radius 3 is 2.23 bits per heavy atom. The average molecular weight is 367 g/mol. The summed E-state index contributed by atoms with van der Waals surface area (Å²) in [7, 11) is 1.28. The third-order valence-corrected chi connectivity index (χ3v) is 4.01. The molecule has 1 aromatic carbocycles. The van der Waals surface area contributed by atoms with Crippen LogP contribution in [0.2, 0.25) is 0 Å². The van der Waals surface area contributed by atoms with E-state index in [-0.39, 0.29) is 17.6 Å². The van der Waals surface area contributed by atoms with Crippen molar-refractivity contribution in [2.75, 3.05) is 20.2 Å². The van der Waals surface area contributed by atoms with Crippen molar-refractivity contribution in [3.63, 3.8) is 0 Å². The third kappa shape index (κ3) is 6.00. The number of likely N-dealkylation sites (tertiary alicyclic amines) is 1. The van der Waals surface area contributed by atoms with Crippen molar-refractivity contribution in [3.8, 4) is 0 Å². The molecule has 0 aliphatic carbocycles. The molecule has 146 valence electrons. The Kier molecular flexibility index (Phi) is 8.06. The van der Waals surface area contributed by atoms with Crippen molar-refractivity contribution in [3.05, 3.63) is 35.1 Å². The smallest absolute Gasteiger partial charge is 0.410 e. The van der Waals surface area contributed by atoms with Crippen molar-refractivity contribution < 1.29 is 23.5 Å². The van der Waals surface area contributed by atoms with Gasteiger partial charge >= 0.3 is 12.1 Å². The number of nitrogens with zero attached hydrogens (tertiary/aromatic N) is 1. The number of esters is 1. The molecule has 1 fully saturated rings. The molecule has 1 aromatic rings. The minimum atomic E-state index is -0.543. The van der Waals surface area contributed by atoms with Crippen LogP contribution in [0.1, 0.15) is 69.3 Å². The molecule has 1 aliphatic rings. The summed E-state index contributed by atoms with van der Waals surface area (Å²) >= 11 is 0. The fourth-order valence-corrected chi connectivity index (χ4v) is 2.87. The molecule has 1 aliphatic heterocycles. The first kappa shape index (κ1) is 21.9. The Morgan fingerprint density at radius 2 is 1.73 bits per heavy atom. The van der Waals surface area contributed by atoms with Gasteiger partial charge in [0, 0.05) is 13.1 Å². The topological polar surface area (TPSA) is 55.8 Å². The maximum absolute atomic E-state index is 13.5. The van der Waals surface area contributed by atoms with Gasteiger partial charge in [-0.1, -0.05) is 19.9 Å². The number of methoxy groups -OCH3 is 1. The third-order valence-electron chi connectivity index (χ3n) is 4.01. The SMILES string of the molecule is CC.COC(=O)c1cc(F)ccc1C1CCN(C(=O)OC(C)(C)C)CC1. The van der Waals surface area contributed by atoms with Gasteiger partial charge in [-0.15, -0.1) is 0 Å². The van der Waals surface area contributed by atoms with E-state index in [9.17, 15) is 14.0 Å². The van der Waals surface area contributed by atoms with Crippen molar-refractivity contribution in [1.82, 2.24) is 4.90 Å². The number of rotatable bonds is 2. The summed E-state index contributed by atoms with van der Waals surface area (Å²) in [5.74, 6) is -0.928. The van der Waals surface area contributed by atoms with Crippen LogP contribution >= 0.6 is 0 Å². The van der Waals surface area contributed by atoms with Crippen LogP contribution in [0.25, 0.3) is 0 Å². The van der Waals surface area contributed by atoms with Gasteiger partial charge in [0.05, 0.1) is 12.7 Å².